The Morgan fingerprint density at radius 2 is 1.46 bits per heavy atom. The van der Waals surface area contributed by atoms with Gasteiger partial charge in [-0.2, -0.15) is 0 Å². The van der Waals surface area contributed by atoms with Crippen LogP contribution < -0.4 is 19.1 Å². The zero-order chi connectivity index (χ0) is 20.3. The van der Waals surface area contributed by atoms with Crippen LogP contribution in [0.4, 0.5) is 5.69 Å². The van der Waals surface area contributed by atoms with Crippen molar-refractivity contribution in [3.8, 4) is 17.2 Å². The Morgan fingerprint density at radius 3 is 2.00 bits per heavy atom. The normalized spacial score (nSPS) is 16.7. The lowest BCUT2D eigenvalue weighted by Crippen LogP contribution is -2.57. The van der Waals surface area contributed by atoms with Crippen molar-refractivity contribution >= 4 is 17.5 Å². The van der Waals surface area contributed by atoms with Crippen molar-refractivity contribution in [2.45, 2.75) is 13.0 Å². The molecule has 0 radical (unpaired) electrons. The number of carbonyl (C=O) groups is 2. The van der Waals surface area contributed by atoms with E-state index >= 15 is 0 Å². The molecule has 0 spiro atoms. The Hall–Kier alpha value is -3.22. The smallest absolute Gasteiger partial charge is 0.254 e. The van der Waals surface area contributed by atoms with Gasteiger partial charge in [-0.05, 0) is 31.2 Å². The van der Waals surface area contributed by atoms with E-state index in [-0.39, 0.29) is 11.8 Å². The molecule has 0 aliphatic carbocycles. The molecule has 0 bridgehead atoms. The van der Waals surface area contributed by atoms with Crippen molar-refractivity contribution in [3.63, 3.8) is 0 Å². The molecule has 3 rings (SSSR count). The second kappa shape index (κ2) is 8.21. The monoisotopic (exact) mass is 384 g/mol. The largest absolute Gasteiger partial charge is 0.497 e. The number of benzene rings is 2. The summed E-state index contributed by atoms with van der Waals surface area (Å²) in [6.45, 7) is 2.56. The zero-order valence-corrected chi connectivity index (χ0v) is 16.5. The maximum absolute atomic E-state index is 13.0. The van der Waals surface area contributed by atoms with Gasteiger partial charge in [0.25, 0.3) is 5.91 Å². The van der Waals surface area contributed by atoms with Gasteiger partial charge in [0.15, 0.2) is 0 Å². The molecule has 2 aromatic carbocycles. The minimum absolute atomic E-state index is 0.150. The van der Waals surface area contributed by atoms with E-state index in [1.165, 1.54) is 0 Å². The lowest BCUT2D eigenvalue weighted by atomic mass is 10.1. The Bertz CT molecular complexity index is 843. The molecule has 28 heavy (non-hydrogen) atoms. The van der Waals surface area contributed by atoms with Crippen LogP contribution in [0.3, 0.4) is 0 Å². The molecule has 0 aromatic heterocycles. The highest BCUT2D eigenvalue weighted by Crippen LogP contribution is 2.30. The van der Waals surface area contributed by atoms with Crippen LogP contribution >= 0.6 is 0 Å². The molecule has 1 atom stereocenters. The van der Waals surface area contributed by atoms with E-state index in [1.807, 2.05) is 0 Å². The first kappa shape index (κ1) is 19.5. The van der Waals surface area contributed by atoms with E-state index < -0.39 is 6.04 Å². The summed E-state index contributed by atoms with van der Waals surface area (Å²) in [5.74, 6) is 1.56. The van der Waals surface area contributed by atoms with Crippen LogP contribution in [0.15, 0.2) is 42.5 Å². The topological polar surface area (TPSA) is 68.3 Å². The van der Waals surface area contributed by atoms with E-state index in [1.54, 1.807) is 80.5 Å². The molecule has 148 valence electrons. The fraction of sp³-hybridized carbons (Fsp3) is 0.333. The van der Waals surface area contributed by atoms with Gasteiger partial charge >= 0.3 is 0 Å². The number of carbonyl (C=O) groups excluding carboxylic acids is 2. The van der Waals surface area contributed by atoms with Gasteiger partial charge in [0.1, 0.15) is 23.3 Å². The van der Waals surface area contributed by atoms with Crippen LogP contribution in [0.2, 0.25) is 0 Å². The molecule has 1 aliphatic heterocycles. The van der Waals surface area contributed by atoms with Crippen LogP contribution in [-0.4, -0.2) is 57.2 Å². The maximum Gasteiger partial charge on any atom is 0.254 e. The summed E-state index contributed by atoms with van der Waals surface area (Å²) in [7, 11) is 4.70. The summed E-state index contributed by atoms with van der Waals surface area (Å²) in [5, 5.41) is 0. The summed E-state index contributed by atoms with van der Waals surface area (Å²) in [4.78, 5) is 29.1. The summed E-state index contributed by atoms with van der Waals surface area (Å²) in [6.07, 6.45) is 0. The lowest BCUT2D eigenvalue weighted by Gasteiger charge is -2.39. The first-order valence-electron chi connectivity index (χ1n) is 8.98. The zero-order valence-electron chi connectivity index (χ0n) is 16.5. The predicted octanol–water partition coefficient (Wildman–Crippen LogP) is 2.59. The summed E-state index contributed by atoms with van der Waals surface area (Å²) >= 11 is 0. The number of rotatable bonds is 5. The predicted molar refractivity (Wildman–Crippen MR) is 105 cm³/mol. The molecule has 1 heterocycles. The number of piperazine rings is 1. The Labute approximate surface area is 164 Å². The van der Waals surface area contributed by atoms with Crippen LogP contribution in [-0.2, 0) is 4.79 Å². The quantitative estimate of drug-likeness (QED) is 0.793. The van der Waals surface area contributed by atoms with Gasteiger partial charge in [0, 0.05) is 36.9 Å². The van der Waals surface area contributed by atoms with E-state index in [2.05, 4.69) is 0 Å². The van der Waals surface area contributed by atoms with Gasteiger partial charge in [-0.1, -0.05) is 0 Å². The molecule has 0 N–H and O–H groups in total. The van der Waals surface area contributed by atoms with Crippen LogP contribution in [0.25, 0.3) is 0 Å². The number of anilines is 1. The van der Waals surface area contributed by atoms with Gasteiger partial charge in [-0.3, -0.25) is 9.59 Å². The minimum Gasteiger partial charge on any atom is -0.497 e. The van der Waals surface area contributed by atoms with E-state index in [0.717, 1.165) is 0 Å². The SMILES string of the molecule is COc1ccc(C(=O)N2CCN(c3cc(OC)cc(OC)c3)C(=O)C2C)cc1. The van der Waals surface area contributed by atoms with E-state index in [4.69, 9.17) is 14.2 Å². The number of nitrogens with zero attached hydrogens (tertiary/aromatic N) is 2. The maximum atomic E-state index is 13.0. The molecule has 0 saturated carbocycles. The highest BCUT2D eigenvalue weighted by Gasteiger charge is 2.35. The molecule has 1 aliphatic rings. The number of amides is 2. The molecule has 1 saturated heterocycles. The van der Waals surface area contributed by atoms with Crippen molar-refractivity contribution in [3.05, 3.63) is 48.0 Å². The molecular weight excluding hydrogens is 360 g/mol. The standard InChI is InChI=1S/C21H24N2O5/c1-14-20(24)23(16-11-18(27-3)13-19(12-16)28-4)10-9-22(14)21(25)15-5-7-17(26-2)8-6-15/h5-8,11-14H,9-10H2,1-4H3. The van der Waals surface area contributed by atoms with E-state index in [9.17, 15) is 9.59 Å². The highest BCUT2D eigenvalue weighted by atomic mass is 16.5. The number of methoxy groups -OCH3 is 3. The van der Waals surface area contributed by atoms with Gasteiger partial charge in [-0.25, -0.2) is 0 Å². The highest BCUT2D eigenvalue weighted by molar-refractivity contribution is 6.03. The van der Waals surface area contributed by atoms with Crippen molar-refractivity contribution < 1.29 is 23.8 Å². The second-order valence-electron chi connectivity index (χ2n) is 6.46. The average molecular weight is 384 g/mol. The van der Waals surface area contributed by atoms with Crippen LogP contribution in [0.5, 0.6) is 17.2 Å². The van der Waals surface area contributed by atoms with Crippen LogP contribution in [0.1, 0.15) is 17.3 Å². The number of hydrogen-bond donors (Lipinski definition) is 0. The third-order valence-electron chi connectivity index (χ3n) is 4.90. The number of hydrogen-bond acceptors (Lipinski definition) is 5. The molecule has 7 heteroatoms. The Morgan fingerprint density at radius 1 is 0.893 bits per heavy atom. The first-order chi connectivity index (χ1) is 13.5. The van der Waals surface area contributed by atoms with E-state index in [0.29, 0.717) is 41.6 Å². The fourth-order valence-corrected chi connectivity index (χ4v) is 3.25. The first-order valence-corrected chi connectivity index (χ1v) is 8.98. The third-order valence-corrected chi connectivity index (χ3v) is 4.90. The van der Waals surface area contributed by atoms with Crippen molar-refractivity contribution in [2.24, 2.45) is 0 Å². The van der Waals surface area contributed by atoms with Gasteiger partial charge < -0.3 is 24.0 Å². The minimum atomic E-state index is -0.583. The lowest BCUT2D eigenvalue weighted by molar-refractivity contribution is -0.124. The van der Waals surface area contributed by atoms with Crippen molar-refractivity contribution in [1.82, 2.24) is 4.90 Å². The molecule has 7 nitrogen and oxygen atoms in total. The molecule has 2 amide bonds. The molecule has 1 fully saturated rings. The molecular formula is C21H24N2O5. The summed E-state index contributed by atoms with van der Waals surface area (Å²) in [6, 6.07) is 11.6. The Balaban J connectivity index is 1.80. The third kappa shape index (κ3) is 3.74. The van der Waals surface area contributed by atoms with Crippen LogP contribution in [0, 0.1) is 0 Å². The van der Waals surface area contributed by atoms with Gasteiger partial charge in [0.2, 0.25) is 5.91 Å². The fourth-order valence-electron chi connectivity index (χ4n) is 3.25. The summed E-state index contributed by atoms with van der Waals surface area (Å²) in [5.41, 5.74) is 1.21. The number of ether oxygens (including phenoxy) is 3. The Kier molecular flexibility index (Phi) is 5.73. The average Bonchev–Trinajstić information content (AvgIpc) is 2.74. The summed E-state index contributed by atoms with van der Waals surface area (Å²) < 4.78 is 15.7. The van der Waals surface area contributed by atoms with Crippen molar-refractivity contribution in [1.29, 1.82) is 0 Å². The van der Waals surface area contributed by atoms with Gasteiger partial charge in [0.05, 0.1) is 27.0 Å². The second-order valence-corrected chi connectivity index (χ2v) is 6.46. The van der Waals surface area contributed by atoms with Gasteiger partial charge in [-0.15, -0.1) is 0 Å². The van der Waals surface area contributed by atoms with Crippen molar-refractivity contribution in [2.75, 3.05) is 39.3 Å². The molecule has 2 aromatic rings. The molecule has 1 unspecified atom stereocenters.